The van der Waals surface area contributed by atoms with E-state index in [2.05, 4.69) is 11.9 Å². The number of rotatable bonds is 2. The molecule has 1 N–H and O–H groups in total. The fourth-order valence-electron chi connectivity index (χ4n) is 1.43. The van der Waals surface area contributed by atoms with Crippen LogP contribution in [0.3, 0.4) is 0 Å². The second-order valence-electron chi connectivity index (χ2n) is 3.11. The second-order valence-corrected chi connectivity index (χ2v) is 3.11. The molecule has 2 heterocycles. The van der Waals surface area contributed by atoms with Crippen molar-refractivity contribution in [2.75, 3.05) is 0 Å². The van der Waals surface area contributed by atoms with Crippen LogP contribution in [0.4, 0.5) is 0 Å². The summed E-state index contributed by atoms with van der Waals surface area (Å²) in [5.41, 5.74) is 1.68. The van der Waals surface area contributed by atoms with E-state index >= 15 is 0 Å². The average Bonchev–Trinajstić information content (AvgIpc) is 2.49. The minimum atomic E-state index is 0.241. The van der Waals surface area contributed by atoms with Crippen molar-refractivity contribution in [3.05, 3.63) is 30.2 Å². The highest BCUT2D eigenvalue weighted by Crippen LogP contribution is 2.17. The molecule has 0 unspecified atom stereocenters. The number of fused-ring (bicyclic) bond motifs is 1. The van der Waals surface area contributed by atoms with Crippen molar-refractivity contribution >= 4 is 5.65 Å². The van der Waals surface area contributed by atoms with Crippen molar-refractivity contribution in [1.82, 2.24) is 9.38 Å². The fourth-order valence-corrected chi connectivity index (χ4v) is 1.43. The molecular weight excluding hydrogens is 164 g/mol. The first kappa shape index (κ1) is 8.10. The Morgan fingerprint density at radius 1 is 1.54 bits per heavy atom. The van der Waals surface area contributed by atoms with Gasteiger partial charge in [0.1, 0.15) is 0 Å². The van der Waals surface area contributed by atoms with Gasteiger partial charge in [0.2, 0.25) is 0 Å². The molecule has 0 saturated heterocycles. The summed E-state index contributed by atoms with van der Waals surface area (Å²) in [6, 6.07) is 3.46. The smallest absolute Gasteiger partial charge is 0.179 e. The Bertz CT molecular complexity index is 420. The topological polar surface area (TPSA) is 37.5 Å². The predicted molar refractivity (Wildman–Crippen MR) is 50.9 cm³/mol. The van der Waals surface area contributed by atoms with Crippen LogP contribution in [0.15, 0.2) is 24.5 Å². The maximum atomic E-state index is 9.47. The molecular formula is C10H12N2O. The van der Waals surface area contributed by atoms with E-state index in [1.54, 1.807) is 12.1 Å². The zero-order chi connectivity index (χ0) is 9.26. The molecule has 2 aromatic rings. The van der Waals surface area contributed by atoms with Gasteiger partial charge < -0.3 is 9.51 Å². The molecule has 2 aromatic heterocycles. The van der Waals surface area contributed by atoms with Crippen molar-refractivity contribution in [2.24, 2.45) is 0 Å². The number of hydrogen-bond donors (Lipinski definition) is 1. The minimum Gasteiger partial charge on any atom is -0.504 e. The first-order valence-electron chi connectivity index (χ1n) is 4.47. The van der Waals surface area contributed by atoms with Gasteiger partial charge in [0, 0.05) is 12.4 Å². The van der Waals surface area contributed by atoms with Crippen molar-refractivity contribution in [1.29, 1.82) is 0 Å². The van der Waals surface area contributed by atoms with Gasteiger partial charge in [-0.25, -0.2) is 4.98 Å². The highest BCUT2D eigenvalue weighted by molar-refractivity contribution is 5.53. The van der Waals surface area contributed by atoms with E-state index < -0.39 is 0 Å². The summed E-state index contributed by atoms with van der Waals surface area (Å²) in [6.07, 6.45) is 5.88. The Hall–Kier alpha value is -1.51. The molecule has 0 saturated carbocycles. The lowest BCUT2D eigenvalue weighted by Crippen LogP contribution is -1.80. The molecule has 0 spiro atoms. The third kappa shape index (κ3) is 1.37. The Morgan fingerprint density at radius 2 is 2.38 bits per heavy atom. The number of imidazole rings is 1. The largest absolute Gasteiger partial charge is 0.504 e. The van der Waals surface area contributed by atoms with Gasteiger partial charge in [-0.05, 0) is 18.6 Å². The van der Waals surface area contributed by atoms with Crippen molar-refractivity contribution in [3.63, 3.8) is 0 Å². The van der Waals surface area contributed by atoms with Crippen molar-refractivity contribution in [3.8, 4) is 5.75 Å². The highest BCUT2D eigenvalue weighted by Gasteiger charge is 2.03. The van der Waals surface area contributed by atoms with Crippen LogP contribution in [-0.2, 0) is 6.42 Å². The quantitative estimate of drug-likeness (QED) is 0.759. The first-order chi connectivity index (χ1) is 6.31. The Balaban J connectivity index is 2.55. The van der Waals surface area contributed by atoms with Gasteiger partial charge in [-0.2, -0.15) is 0 Å². The summed E-state index contributed by atoms with van der Waals surface area (Å²) in [5.74, 6) is 0.241. The van der Waals surface area contributed by atoms with Crippen LogP contribution in [0.25, 0.3) is 5.65 Å². The predicted octanol–water partition coefficient (Wildman–Crippen LogP) is 1.99. The summed E-state index contributed by atoms with van der Waals surface area (Å²) >= 11 is 0. The molecule has 0 aliphatic heterocycles. The Morgan fingerprint density at radius 3 is 3.08 bits per heavy atom. The lowest BCUT2D eigenvalue weighted by atomic mass is 10.3. The number of aromatic nitrogens is 2. The molecule has 68 valence electrons. The summed E-state index contributed by atoms with van der Waals surface area (Å²) in [5, 5.41) is 9.47. The molecule has 0 amide bonds. The van der Waals surface area contributed by atoms with Crippen molar-refractivity contribution in [2.45, 2.75) is 19.8 Å². The molecule has 0 radical (unpaired) electrons. The number of hydrogen-bond acceptors (Lipinski definition) is 2. The Kier molecular flexibility index (Phi) is 1.93. The van der Waals surface area contributed by atoms with Gasteiger partial charge in [0.15, 0.2) is 11.4 Å². The lowest BCUT2D eigenvalue weighted by molar-refractivity contribution is 0.477. The standard InChI is InChI=1S/C10H12N2O/c1-2-4-8-7-12-6-3-5-9(13)10(12)11-8/h3,5-7,13H,2,4H2,1H3. The van der Waals surface area contributed by atoms with Gasteiger partial charge >= 0.3 is 0 Å². The molecule has 0 aliphatic carbocycles. The zero-order valence-electron chi connectivity index (χ0n) is 7.57. The van der Waals surface area contributed by atoms with Gasteiger partial charge in [-0.3, -0.25) is 0 Å². The molecule has 2 rings (SSSR count). The van der Waals surface area contributed by atoms with E-state index in [1.807, 2.05) is 16.8 Å². The summed E-state index contributed by atoms with van der Waals surface area (Å²) < 4.78 is 1.85. The molecule has 13 heavy (non-hydrogen) atoms. The van der Waals surface area contributed by atoms with E-state index in [9.17, 15) is 5.11 Å². The van der Waals surface area contributed by atoms with Gasteiger partial charge in [-0.15, -0.1) is 0 Å². The summed E-state index contributed by atoms with van der Waals surface area (Å²) in [4.78, 5) is 4.31. The van der Waals surface area contributed by atoms with Crippen LogP contribution >= 0.6 is 0 Å². The molecule has 3 nitrogen and oxygen atoms in total. The number of aryl methyl sites for hydroxylation is 1. The number of nitrogens with zero attached hydrogens (tertiary/aromatic N) is 2. The molecule has 3 heteroatoms. The van der Waals surface area contributed by atoms with Gasteiger partial charge in [-0.1, -0.05) is 13.3 Å². The SMILES string of the molecule is CCCc1cn2cccc(O)c2n1. The second kappa shape index (κ2) is 3.09. The third-order valence-corrected chi connectivity index (χ3v) is 2.02. The fraction of sp³-hybridized carbons (Fsp3) is 0.300. The monoisotopic (exact) mass is 176 g/mol. The van der Waals surface area contributed by atoms with Gasteiger partial charge in [0.25, 0.3) is 0 Å². The molecule has 0 fully saturated rings. The number of aromatic hydroxyl groups is 1. The van der Waals surface area contributed by atoms with Crippen LogP contribution in [-0.4, -0.2) is 14.5 Å². The average molecular weight is 176 g/mol. The lowest BCUT2D eigenvalue weighted by Gasteiger charge is -1.92. The normalized spacial score (nSPS) is 10.8. The third-order valence-electron chi connectivity index (χ3n) is 2.02. The van der Waals surface area contributed by atoms with Crippen LogP contribution in [0.2, 0.25) is 0 Å². The maximum absolute atomic E-state index is 9.47. The summed E-state index contributed by atoms with van der Waals surface area (Å²) in [6.45, 7) is 2.11. The molecule has 0 aliphatic rings. The number of pyridine rings is 1. The van der Waals surface area contributed by atoms with Crippen LogP contribution in [0.5, 0.6) is 5.75 Å². The first-order valence-corrected chi connectivity index (χ1v) is 4.47. The molecule has 0 aromatic carbocycles. The van der Waals surface area contributed by atoms with Crippen molar-refractivity contribution < 1.29 is 5.11 Å². The highest BCUT2D eigenvalue weighted by atomic mass is 16.3. The van der Waals surface area contributed by atoms with Gasteiger partial charge in [0.05, 0.1) is 5.69 Å². The molecule has 0 atom stereocenters. The minimum absolute atomic E-state index is 0.241. The van der Waals surface area contributed by atoms with E-state index in [4.69, 9.17) is 0 Å². The molecule has 0 bridgehead atoms. The van der Waals surface area contributed by atoms with Crippen LogP contribution in [0, 0.1) is 0 Å². The van der Waals surface area contributed by atoms with Crippen LogP contribution in [0.1, 0.15) is 19.0 Å². The van der Waals surface area contributed by atoms with E-state index in [0.29, 0.717) is 5.65 Å². The van der Waals surface area contributed by atoms with E-state index in [-0.39, 0.29) is 5.75 Å². The zero-order valence-corrected chi connectivity index (χ0v) is 7.57. The maximum Gasteiger partial charge on any atom is 0.179 e. The Labute approximate surface area is 76.7 Å². The van der Waals surface area contributed by atoms with E-state index in [1.165, 1.54) is 0 Å². The van der Waals surface area contributed by atoms with E-state index in [0.717, 1.165) is 18.5 Å². The summed E-state index contributed by atoms with van der Waals surface area (Å²) in [7, 11) is 0. The van der Waals surface area contributed by atoms with Crippen LogP contribution < -0.4 is 0 Å².